The molecule has 1 aromatic heterocycles. The van der Waals surface area contributed by atoms with Gasteiger partial charge in [-0.05, 0) is 38.0 Å². The van der Waals surface area contributed by atoms with Crippen molar-refractivity contribution in [1.29, 1.82) is 0 Å². The van der Waals surface area contributed by atoms with Crippen LogP contribution in [0.5, 0.6) is 0 Å². The van der Waals surface area contributed by atoms with Crippen LogP contribution in [0.3, 0.4) is 0 Å². The highest BCUT2D eigenvalue weighted by Gasteiger charge is 2.12. The fraction of sp³-hybridized carbons (Fsp3) is 0.400. The van der Waals surface area contributed by atoms with E-state index in [4.69, 9.17) is 5.11 Å². The zero-order valence-electron chi connectivity index (χ0n) is 11.5. The molecule has 0 atom stereocenters. The van der Waals surface area contributed by atoms with Gasteiger partial charge in [0.1, 0.15) is 5.82 Å². The van der Waals surface area contributed by atoms with Crippen molar-refractivity contribution in [3.05, 3.63) is 40.8 Å². The lowest BCUT2D eigenvalue weighted by Crippen LogP contribution is -2.01. The summed E-state index contributed by atoms with van der Waals surface area (Å²) in [5.74, 6) is 0.934. The number of aromatic nitrogens is 2. The SMILES string of the molecule is Cc1ccc(-c2nc(CCO)n(C)c2C)cc1C. The van der Waals surface area contributed by atoms with Crippen molar-refractivity contribution >= 4 is 0 Å². The van der Waals surface area contributed by atoms with Crippen LogP contribution >= 0.6 is 0 Å². The molecule has 0 spiro atoms. The van der Waals surface area contributed by atoms with Crippen molar-refractivity contribution in [2.45, 2.75) is 27.2 Å². The highest BCUT2D eigenvalue weighted by atomic mass is 16.3. The number of aliphatic hydroxyl groups is 1. The van der Waals surface area contributed by atoms with Crippen LogP contribution in [-0.2, 0) is 13.5 Å². The summed E-state index contributed by atoms with van der Waals surface area (Å²) in [6, 6.07) is 6.41. The van der Waals surface area contributed by atoms with Gasteiger partial charge in [0.2, 0.25) is 0 Å². The predicted octanol–water partition coefficient (Wildman–Crippen LogP) is 2.55. The minimum absolute atomic E-state index is 0.136. The Bertz CT molecular complexity index is 570. The normalized spacial score (nSPS) is 10.9. The second-order valence-electron chi connectivity index (χ2n) is 4.79. The number of rotatable bonds is 3. The van der Waals surface area contributed by atoms with Gasteiger partial charge >= 0.3 is 0 Å². The first-order valence-electron chi connectivity index (χ1n) is 6.25. The monoisotopic (exact) mass is 244 g/mol. The van der Waals surface area contributed by atoms with Gasteiger partial charge in [-0.25, -0.2) is 4.98 Å². The van der Waals surface area contributed by atoms with E-state index in [-0.39, 0.29) is 6.61 Å². The van der Waals surface area contributed by atoms with Gasteiger partial charge in [0.25, 0.3) is 0 Å². The van der Waals surface area contributed by atoms with E-state index in [0.29, 0.717) is 6.42 Å². The standard InChI is InChI=1S/C15H20N2O/c1-10-5-6-13(9-11(10)2)15-12(3)17(4)14(16-15)7-8-18/h5-6,9,18H,7-8H2,1-4H3. The van der Waals surface area contributed by atoms with Crippen LogP contribution < -0.4 is 0 Å². The fourth-order valence-electron chi connectivity index (χ4n) is 2.12. The smallest absolute Gasteiger partial charge is 0.111 e. The molecule has 1 N–H and O–H groups in total. The number of benzene rings is 1. The van der Waals surface area contributed by atoms with Crippen molar-refractivity contribution in [3.8, 4) is 11.3 Å². The summed E-state index contributed by atoms with van der Waals surface area (Å²) >= 11 is 0. The lowest BCUT2D eigenvalue weighted by atomic mass is 10.0. The van der Waals surface area contributed by atoms with Gasteiger partial charge in [-0.1, -0.05) is 12.1 Å². The van der Waals surface area contributed by atoms with E-state index in [1.807, 2.05) is 7.05 Å². The van der Waals surface area contributed by atoms with Gasteiger partial charge in [-0.15, -0.1) is 0 Å². The minimum Gasteiger partial charge on any atom is -0.396 e. The average molecular weight is 244 g/mol. The topological polar surface area (TPSA) is 38.1 Å². The predicted molar refractivity (Wildman–Crippen MR) is 73.6 cm³/mol. The van der Waals surface area contributed by atoms with Crippen LogP contribution in [0, 0.1) is 20.8 Å². The maximum Gasteiger partial charge on any atom is 0.111 e. The lowest BCUT2D eigenvalue weighted by Gasteiger charge is -2.04. The third-order valence-corrected chi connectivity index (χ3v) is 3.59. The molecule has 0 aliphatic rings. The Labute approximate surface area is 108 Å². The number of aliphatic hydroxyl groups excluding tert-OH is 1. The van der Waals surface area contributed by atoms with Crippen LogP contribution in [0.25, 0.3) is 11.3 Å². The number of hydrogen-bond donors (Lipinski definition) is 1. The van der Waals surface area contributed by atoms with Crippen LogP contribution in [-0.4, -0.2) is 21.3 Å². The molecular formula is C15H20N2O. The Morgan fingerprint density at radius 3 is 2.50 bits per heavy atom. The molecule has 0 bridgehead atoms. The van der Waals surface area contributed by atoms with Crippen molar-refractivity contribution in [1.82, 2.24) is 9.55 Å². The molecule has 18 heavy (non-hydrogen) atoms. The summed E-state index contributed by atoms with van der Waals surface area (Å²) in [6.45, 7) is 6.43. The third kappa shape index (κ3) is 2.18. The highest BCUT2D eigenvalue weighted by molar-refractivity contribution is 5.63. The molecule has 0 saturated carbocycles. The number of aryl methyl sites for hydroxylation is 2. The highest BCUT2D eigenvalue weighted by Crippen LogP contribution is 2.25. The number of imidazole rings is 1. The lowest BCUT2D eigenvalue weighted by molar-refractivity contribution is 0.295. The molecule has 0 aliphatic carbocycles. The average Bonchev–Trinajstić information content (AvgIpc) is 2.62. The third-order valence-electron chi connectivity index (χ3n) is 3.59. The van der Waals surface area contributed by atoms with Crippen molar-refractivity contribution < 1.29 is 5.11 Å². The van der Waals surface area contributed by atoms with Gasteiger partial charge in [0.05, 0.1) is 12.3 Å². The zero-order valence-corrected chi connectivity index (χ0v) is 11.5. The largest absolute Gasteiger partial charge is 0.396 e. The first-order chi connectivity index (χ1) is 8.54. The quantitative estimate of drug-likeness (QED) is 0.901. The first kappa shape index (κ1) is 12.8. The van der Waals surface area contributed by atoms with Crippen LogP contribution in [0.4, 0.5) is 0 Å². The Morgan fingerprint density at radius 1 is 1.17 bits per heavy atom. The van der Waals surface area contributed by atoms with Crippen LogP contribution in [0.2, 0.25) is 0 Å². The molecule has 1 aromatic carbocycles. The van der Waals surface area contributed by atoms with Crippen LogP contribution in [0.1, 0.15) is 22.6 Å². The maximum absolute atomic E-state index is 9.04. The first-order valence-corrected chi connectivity index (χ1v) is 6.25. The molecule has 96 valence electrons. The molecule has 0 unspecified atom stereocenters. The maximum atomic E-state index is 9.04. The van der Waals surface area contributed by atoms with Gasteiger partial charge < -0.3 is 9.67 Å². The molecular weight excluding hydrogens is 224 g/mol. The summed E-state index contributed by atoms with van der Waals surface area (Å²) < 4.78 is 2.06. The Hall–Kier alpha value is -1.61. The van der Waals surface area contributed by atoms with E-state index in [1.54, 1.807) is 0 Å². The van der Waals surface area contributed by atoms with Crippen molar-refractivity contribution in [2.75, 3.05) is 6.61 Å². The van der Waals surface area contributed by atoms with Gasteiger partial charge in [-0.2, -0.15) is 0 Å². The Kier molecular flexibility index (Phi) is 3.53. The minimum atomic E-state index is 0.136. The van der Waals surface area contributed by atoms with E-state index in [0.717, 1.165) is 22.8 Å². The van der Waals surface area contributed by atoms with E-state index in [2.05, 4.69) is 48.5 Å². The van der Waals surface area contributed by atoms with E-state index >= 15 is 0 Å². The second kappa shape index (κ2) is 4.94. The molecule has 0 radical (unpaired) electrons. The molecule has 0 aliphatic heterocycles. The number of hydrogen-bond acceptors (Lipinski definition) is 2. The van der Waals surface area contributed by atoms with Crippen molar-refractivity contribution in [3.63, 3.8) is 0 Å². The van der Waals surface area contributed by atoms with Crippen LogP contribution in [0.15, 0.2) is 18.2 Å². The Morgan fingerprint density at radius 2 is 1.89 bits per heavy atom. The van der Waals surface area contributed by atoms with Gasteiger partial charge in [-0.3, -0.25) is 0 Å². The molecule has 2 rings (SSSR count). The zero-order chi connectivity index (χ0) is 13.3. The van der Waals surface area contributed by atoms with Gasteiger partial charge in [0.15, 0.2) is 0 Å². The molecule has 3 heteroatoms. The molecule has 0 amide bonds. The molecule has 2 aromatic rings. The molecule has 0 saturated heterocycles. The van der Waals surface area contributed by atoms with Crippen molar-refractivity contribution in [2.24, 2.45) is 7.05 Å². The van der Waals surface area contributed by atoms with E-state index < -0.39 is 0 Å². The summed E-state index contributed by atoms with van der Waals surface area (Å²) in [5.41, 5.74) is 5.88. The number of nitrogens with zero attached hydrogens (tertiary/aromatic N) is 2. The molecule has 1 heterocycles. The summed E-state index contributed by atoms with van der Waals surface area (Å²) in [4.78, 5) is 4.64. The van der Waals surface area contributed by atoms with E-state index in [1.165, 1.54) is 11.1 Å². The Balaban J connectivity index is 2.50. The van der Waals surface area contributed by atoms with E-state index in [9.17, 15) is 0 Å². The summed E-state index contributed by atoms with van der Waals surface area (Å²) in [7, 11) is 2.00. The van der Waals surface area contributed by atoms with Gasteiger partial charge in [0, 0.05) is 24.7 Å². The molecule has 0 fully saturated rings. The summed E-state index contributed by atoms with van der Waals surface area (Å²) in [6.07, 6.45) is 0.599. The molecule has 3 nitrogen and oxygen atoms in total. The summed E-state index contributed by atoms with van der Waals surface area (Å²) in [5, 5.41) is 9.04. The second-order valence-corrected chi connectivity index (χ2v) is 4.79. The fourth-order valence-corrected chi connectivity index (χ4v) is 2.12.